The maximum atomic E-state index is 12.2. The van der Waals surface area contributed by atoms with E-state index in [1.165, 1.54) is 0 Å². The van der Waals surface area contributed by atoms with Gasteiger partial charge in [0.15, 0.2) is 0 Å². The molecule has 0 spiro atoms. The standard InChI is InChI=1S/C17H20N2O3/c1-3-4-5-15(17(21)22)19-16(20)13-8-9-14-12(10-13)7-6-11(2)18-14/h6-10,15H,3-5H2,1-2H3,(H,19,20)(H,21,22). The number of carboxylic acids is 1. The molecule has 2 N–H and O–H groups in total. The fourth-order valence-electron chi connectivity index (χ4n) is 2.28. The van der Waals surface area contributed by atoms with Crippen molar-refractivity contribution in [2.75, 3.05) is 0 Å². The number of carbonyl (C=O) groups is 2. The summed E-state index contributed by atoms with van der Waals surface area (Å²) in [6.45, 7) is 3.89. The molecular formula is C17H20N2O3. The van der Waals surface area contributed by atoms with Crippen molar-refractivity contribution >= 4 is 22.8 Å². The second kappa shape index (κ2) is 7.02. The Labute approximate surface area is 129 Å². The van der Waals surface area contributed by atoms with Crippen LogP contribution in [0.3, 0.4) is 0 Å². The molecule has 2 aromatic rings. The first-order valence-electron chi connectivity index (χ1n) is 7.42. The highest BCUT2D eigenvalue weighted by Crippen LogP contribution is 2.15. The minimum atomic E-state index is -1.00. The minimum Gasteiger partial charge on any atom is -0.480 e. The zero-order chi connectivity index (χ0) is 16.1. The van der Waals surface area contributed by atoms with E-state index < -0.39 is 12.0 Å². The first kappa shape index (κ1) is 15.9. The molecule has 0 fully saturated rings. The number of rotatable bonds is 6. The lowest BCUT2D eigenvalue weighted by atomic mass is 10.1. The van der Waals surface area contributed by atoms with Crippen molar-refractivity contribution in [2.45, 2.75) is 39.2 Å². The average Bonchev–Trinajstić information content (AvgIpc) is 2.50. The zero-order valence-corrected chi connectivity index (χ0v) is 12.8. The Morgan fingerprint density at radius 2 is 2.05 bits per heavy atom. The van der Waals surface area contributed by atoms with E-state index in [2.05, 4.69) is 10.3 Å². The molecule has 1 atom stereocenters. The van der Waals surface area contributed by atoms with Gasteiger partial charge in [0, 0.05) is 16.6 Å². The van der Waals surface area contributed by atoms with Crippen LogP contribution in [0.4, 0.5) is 0 Å². The lowest BCUT2D eigenvalue weighted by Gasteiger charge is -2.14. The summed E-state index contributed by atoms with van der Waals surface area (Å²) in [6.07, 6.45) is 2.09. The number of amides is 1. The fourth-order valence-corrected chi connectivity index (χ4v) is 2.28. The Bertz CT molecular complexity index is 697. The van der Waals surface area contributed by atoms with Gasteiger partial charge in [-0.2, -0.15) is 0 Å². The monoisotopic (exact) mass is 300 g/mol. The maximum Gasteiger partial charge on any atom is 0.326 e. The Morgan fingerprint density at radius 3 is 2.73 bits per heavy atom. The van der Waals surface area contributed by atoms with Gasteiger partial charge in [-0.3, -0.25) is 9.78 Å². The van der Waals surface area contributed by atoms with Crippen LogP contribution in [0.5, 0.6) is 0 Å². The first-order chi connectivity index (χ1) is 10.5. The average molecular weight is 300 g/mol. The maximum absolute atomic E-state index is 12.2. The Kier molecular flexibility index (Phi) is 5.09. The molecule has 5 heteroatoms. The van der Waals surface area contributed by atoms with Gasteiger partial charge in [-0.15, -0.1) is 0 Å². The molecule has 1 unspecified atom stereocenters. The van der Waals surface area contributed by atoms with Crippen molar-refractivity contribution in [3.05, 3.63) is 41.6 Å². The number of unbranched alkanes of at least 4 members (excludes halogenated alkanes) is 1. The van der Waals surface area contributed by atoms with Crippen LogP contribution in [0, 0.1) is 6.92 Å². The van der Waals surface area contributed by atoms with E-state index in [4.69, 9.17) is 0 Å². The lowest BCUT2D eigenvalue weighted by molar-refractivity contribution is -0.139. The Balaban J connectivity index is 2.17. The van der Waals surface area contributed by atoms with Crippen molar-refractivity contribution in [1.82, 2.24) is 10.3 Å². The summed E-state index contributed by atoms with van der Waals surface area (Å²) >= 11 is 0. The fraction of sp³-hybridized carbons (Fsp3) is 0.353. The number of benzene rings is 1. The molecule has 0 radical (unpaired) electrons. The summed E-state index contributed by atoms with van der Waals surface area (Å²) in [6, 6.07) is 8.11. The number of hydrogen-bond acceptors (Lipinski definition) is 3. The number of nitrogens with zero attached hydrogens (tertiary/aromatic N) is 1. The van der Waals surface area contributed by atoms with Gasteiger partial charge in [0.25, 0.3) is 5.91 Å². The number of aryl methyl sites for hydroxylation is 1. The second-order valence-electron chi connectivity index (χ2n) is 5.37. The van der Waals surface area contributed by atoms with E-state index in [1.807, 2.05) is 26.0 Å². The highest BCUT2D eigenvalue weighted by molar-refractivity contribution is 5.99. The van der Waals surface area contributed by atoms with Crippen LogP contribution in [-0.4, -0.2) is 28.0 Å². The van der Waals surface area contributed by atoms with Crippen molar-refractivity contribution in [1.29, 1.82) is 0 Å². The molecule has 22 heavy (non-hydrogen) atoms. The number of aliphatic carboxylic acids is 1. The molecule has 0 saturated carbocycles. The van der Waals surface area contributed by atoms with Gasteiger partial charge in [0.2, 0.25) is 0 Å². The molecule has 0 bridgehead atoms. The summed E-state index contributed by atoms with van der Waals surface area (Å²) in [5.74, 6) is -1.37. The molecule has 1 amide bonds. The smallest absolute Gasteiger partial charge is 0.326 e. The second-order valence-corrected chi connectivity index (χ2v) is 5.37. The van der Waals surface area contributed by atoms with Gasteiger partial charge in [0.1, 0.15) is 6.04 Å². The highest BCUT2D eigenvalue weighted by atomic mass is 16.4. The van der Waals surface area contributed by atoms with Crippen LogP contribution < -0.4 is 5.32 Å². The number of pyridine rings is 1. The Morgan fingerprint density at radius 1 is 1.27 bits per heavy atom. The van der Waals surface area contributed by atoms with E-state index >= 15 is 0 Å². The van der Waals surface area contributed by atoms with Crippen LogP contribution in [0.15, 0.2) is 30.3 Å². The molecule has 2 rings (SSSR count). The number of fused-ring (bicyclic) bond motifs is 1. The van der Waals surface area contributed by atoms with Gasteiger partial charge in [-0.25, -0.2) is 4.79 Å². The number of carbonyl (C=O) groups excluding carboxylic acids is 1. The summed E-state index contributed by atoms with van der Waals surface area (Å²) in [5, 5.41) is 12.6. The molecule has 1 heterocycles. The van der Waals surface area contributed by atoms with Gasteiger partial charge < -0.3 is 10.4 Å². The zero-order valence-electron chi connectivity index (χ0n) is 12.8. The molecular weight excluding hydrogens is 280 g/mol. The van der Waals surface area contributed by atoms with Crippen molar-refractivity contribution in [2.24, 2.45) is 0 Å². The van der Waals surface area contributed by atoms with E-state index in [-0.39, 0.29) is 5.91 Å². The molecule has 1 aromatic heterocycles. The van der Waals surface area contributed by atoms with Crippen molar-refractivity contribution < 1.29 is 14.7 Å². The van der Waals surface area contributed by atoms with Gasteiger partial charge >= 0.3 is 5.97 Å². The summed E-state index contributed by atoms with van der Waals surface area (Å²) in [7, 11) is 0. The summed E-state index contributed by atoms with van der Waals surface area (Å²) in [5.41, 5.74) is 2.17. The first-order valence-corrected chi connectivity index (χ1v) is 7.42. The number of hydrogen-bond donors (Lipinski definition) is 2. The van der Waals surface area contributed by atoms with E-state index in [0.29, 0.717) is 12.0 Å². The SMILES string of the molecule is CCCCC(NC(=O)c1ccc2nc(C)ccc2c1)C(=O)O. The third-order valence-corrected chi connectivity index (χ3v) is 3.54. The molecule has 0 aliphatic carbocycles. The predicted molar refractivity (Wildman–Crippen MR) is 84.9 cm³/mol. The number of aromatic nitrogens is 1. The molecule has 116 valence electrons. The van der Waals surface area contributed by atoms with Crippen LogP contribution in [-0.2, 0) is 4.79 Å². The molecule has 1 aromatic carbocycles. The summed E-state index contributed by atoms with van der Waals surface area (Å²) < 4.78 is 0. The quantitative estimate of drug-likeness (QED) is 0.859. The molecule has 0 aliphatic rings. The Hall–Kier alpha value is -2.43. The topological polar surface area (TPSA) is 79.3 Å². The van der Waals surface area contributed by atoms with E-state index in [1.54, 1.807) is 18.2 Å². The third-order valence-electron chi connectivity index (χ3n) is 3.54. The lowest BCUT2D eigenvalue weighted by Crippen LogP contribution is -2.40. The number of carboxylic acid groups (broad SMARTS) is 1. The van der Waals surface area contributed by atoms with Crippen LogP contribution in [0.1, 0.15) is 42.2 Å². The van der Waals surface area contributed by atoms with E-state index in [0.717, 1.165) is 29.4 Å². The van der Waals surface area contributed by atoms with E-state index in [9.17, 15) is 14.7 Å². The van der Waals surface area contributed by atoms with Crippen molar-refractivity contribution in [3.63, 3.8) is 0 Å². The van der Waals surface area contributed by atoms with Crippen LogP contribution in [0.2, 0.25) is 0 Å². The van der Waals surface area contributed by atoms with Gasteiger partial charge in [-0.05, 0) is 37.6 Å². The molecule has 5 nitrogen and oxygen atoms in total. The largest absolute Gasteiger partial charge is 0.480 e. The van der Waals surface area contributed by atoms with Crippen molar-refractivity contribution in [3.8, 4) is 0 Å². The third kappa shape index (κ3) is 3.81. The van der Waals surface area contributed by atoms with Gasteiger partial charge in [-0.1, -0.05) is 25.8 Å². The van der Waals surface area contributed by atoms with Gasteiger partial charge in [0.05, 0.1) is 5.52 Å². The van der Waals surface area contributed by atoms with Crippen LogP contribution >= 0.6 is 0 Å². The predicted octanol–water partition coefficient (Wildman–Crippen LogP) is 2.92. The summed E-state index contributed by atoms with van der Waals surface area (Å²) in [4.78, 5) is 27.8. The highest BCUT2D eigenvalue weighted by Gasteiger charge is 2.20. The normalized spacial score (nSPS) is 12.1. The molecule has 0 saturated heterocycles. The molecule has 0 aliphatic heterocycles. The van der Waals surface area contributed by atoms with Crippen LogP contribution in [0.25, 0.3) is 10.9 Å². The number of nitrogens with one attached hydrogen (secondary N) is 1. The minimum absolute atomic E-state index is 0.369.